The van der Waals surface area contributed by atoms with Crippen LogP contribution in [0.25, 0.3) is 0 Å². The smallest absolute Gasteiger partial charge is 0.465 e. The summed E-state index contributed by atoms with van der Waals surface area (Å²) < 4.78 is 50.5. The highest BCUT2D eigenvalue weighted by molar-refractivity contribution is 5.76. The molecule has 0 aliphatic carbocycles. The maximum absolute atomic E-state index is 11.9. The Morgan fingerprint density at radius 2 is 0.880 bits per heavy atom. The number of likely N-dealkylation sites (tertiary alicyclic amines) is 5. The largest absolute Gasteiger partial charge is 0.508 e. The number of nitrogens with zero attached hydrogens (tertiary/aromatic N) is 7. The second-order valence-corrected chi connectivity index (χ2v) is 33.1. The van der Waals surface area contributed by atoms with Gasteiger partial charge in [-0.2, -0.15) is 0 Å². The van der Waals surface area contributed by atoms with Crippen molar-refractivity contribution in [3.63, 3.8) is 0 Å². The minimum Gasteiger partial charge on any atom is -0.465 e. The Bertz CT molecular complexity index is 2260. The molecule has 25 heteroatoms. The molecule has 108 heavy (non-hydrogen) atoms. The molecular formula is C83H164N8O17. The van der Waals surface area contributed by atoms with Gasteiger partial charge in [-0.1, -0.05) is 132 Å². The third kappa shape index (κ3) is 59.0. The molecule has 5 rings (SSSR count). The van der Waals surface area contributed by atoms with Crippen LogP contribution in [0.15, 0.2) is 0 Å². The highest BCUT2D eigenvalue weighted by Crippen LogP contribution is 2.32. The number of nitrogens with one attached hydrogen (secondary N) is 1. The number of esters is 3. The van der Waals surface area contributed by atoms with Crippen LogP contribution in [0.4, 0.5) is 19.2 Å². The molecule has 0 radical (unpaired) electrons. The van der Waals surface area contributed by atoms with E-state index in [1.165, 1.54) is 32.1 Å². The van der Waals surface area contributed by atoms with E-state index in [1.807, 2.05) is 76.2 Å². The van der Waals surface area contributed by atoms with Crippen molar-refractivity contribution in [1.82, 2.24) is 39.6 Å². The van der Waals surface area contributed by atoms with E-state index in [1.54, 1.807) is 0 Å². The molecule has 1 N–H and O–H groups in total. The van der Waals surface area contributed by atoms with E-state index < -0.39 is 18.5 Å². The van der Waals surface area contributed by atoms with E-state index >= 15 is 0 Å². The maximum atomic E-state index is 11.9. The molecule has 0 saturated carbocycles. The molecule has 3 atom stereocenters. The van der Waals surface area contributed by atoms with E-state index in [4.69, 9.17) is 47.4 Å². The summed E-state index contributed by atoms with van der Waals surface area (Å²) in [6.45, 7) is 62.3. The molecule has 25 nitrogen and oxygen atoms in total. The molecule has 0 aromatic carbocycles. The van der Waals surface area contributed by atoms with Crippen LogP contribution >= 0.6 is 0 Å². The molecular weight excluding hydrogens is 1380 g/mol. The van der Waals surface area contributed by atoms with Crippen molar-refractivity contribution in [3.05, 3.63) is 0 Å². The fraction of sp³-hybridized carbons (Fsp3) is 0.916. The first kappa shape index (κ1) is 105. The second-order valence-electron chi connectivity index (χ2n) is 33.1. The first-order chi connectivity index (χ1) is 51.0. The molecule has 5 saturated heterocycles. The fourth-order valence-corrected chi connectivity index (χ4v) is 11.7. The van der Waals surface area contributed by atoms with E-state index in [9.17, 15) is 33.6 Å². The summed E-state index contributed by atoms with van der Waals surface area (Å²) in [7, 11) is 8.41. The lowest BCUT2D eigenvalue weighted by Crippen LogP contribution is -2.42. The van der Waals surface area contributed by atoms with Crippen molar-refractivity contribution in [2.75, 3.05) is 199 Å². The van der Waals surface area contributed by atoms with Crippen LogP contribution < -0.4 is 5.32 Å². The Balaban J connectivity index is 0. The molecule has 5 heterocycles. The minimum atomic E-state index is -0.548. The van der Waals surface area contributed by atoms with Crippen LogP contribution in [0.3, 0.4) is 0 Å². The number of ether oxygens (including phenoxy) is 10. The zero-order valence-electron chi connectivity index (χ0n) is 73.2. The van der Waals surface area contributed by atoms with Crippen molar-refractivity contribution in [2.24, 2.45) is 58.7 Å². The van der Waals surface area contributed by atoms with Gasteiger partial charge in [-0.15, -0.1) is 0 Å². The van der Waals surface area contributed by atoms with E-state index in [-0.39, 0.29) is 35.3 Å². The van der Waals surface area contributed by atoms with Gasteiger partial charge in [0.1, 0.15) is 0 Å². The number of likely N-dealkylation sites (N-methyl/N-ethyl adjacent to an activating group) is 1. The van der Waals surface area contributed by atoms with Gasteiger partial charge < -0.3 is 82.1 Å². The van der Waals surface area contributed by atoms with E-state index in [2.05, 4.69) is 130 Å². The molecule has 3 unspecified atom stereocenters. The number of carbonyl (C=O) groups is 7. The summed E-state index contributed by atoms with van der Waals surface area (Å²) in [6.07, 6.45) is 12.3. The second kappa shape index (κ2) is 64.7. The number of alkyl carbamates (subject to hydrolysis) is 1. The third-order valence-corrected chi connectivity index (χ3v) is 18.8. The van der Waals surface area contributed by atoms with Crippen molar-refractivity contribution >= 4 is 42.5 Å². The average Bonchev–Trinajstić information content (AvgIpc) is 0.943. The predicted octanol–water partition coefficient (Wildman–Crippen LogP) is 14.6. The molecule has 0 spiro atoms. The van der Waals surface area contributed by atoms with Crippen LogP contribution in [0.5, 0.6) is 0 Å². The van der Waals surface area contributed by atoms with Gasteiger partial charge in [0.25, 0.3) is 0 Å². The van der Waals surface area contributed by atoms with Crippen LogP contribution in [-0.4, -0.2) is 288 Å². The Hall–Kier alpha value is -4.79. The summed E-state index contributed by atoms with van der Waals surface area (Å²) in [6, 6.07) is 1.06. The lowest BCUT2D eigenvalue weighted by molar-refractivity contribution is -0.158. The Kier molecular flexibility index (Phi) is 63.1. The number of carbonyl (C=O) groups excluding carboxylic acids is 7. The Labute approximate surface area is 658 Å². The standard InChI is InChI=1S/C12H24N2O2.2C12H23NO3.C12H25NO3.C12H23NO2.C12H25NO2.C11H21NO2/c1-4-14-7-5-6-11(14)8-13-12(15)16-9-10(2)3;1-10(2)9-16-12(14)15-8-6-11-5-4-7-13(11)3;1-10(2)8-15-12(14)16-9-11-5-4-6-13(3)7-11;1-5-13(6-2)8-7-9-15-12(14)16-10-11(3)4;1-10(2)9-15-11(14)12(3)5-7-13(4)8-6-12;1-5-13(6-2)9-7-8-12(14)15-10-11(3)4;1-9(2)8-14-11(13)10-4-6-12(3)7-5-10/h10-11H,4-9H2,1-3H3,(H,13,15);2*10-11H,4-9H2,1-3H3;11H,5-10H2,1-4H3;10H,5-9H2,1-4H3;11H,5-10H2,1-4H3;9-10H,4-8H2,1-3H3. The van der Waals surface area contributed by atoms with Gasteiger partial charge in [-0.05, 0) is 245 Å². The topological polar surface area (TPSA) is 246 Å². The number of amides is 1. The van der Waals surface area contributed by atoms with Gasteiger partial charge in [0.05, 0.1) is 77.4 Å². The molecule has 1 amide bonds. The normalized spacial score (nSPS) is 18.4. The zero-order valence-corrected chi connectivity index (χ0v) is 73.2. The number of hydrogen-bond acceptors (Lipinski definition) is 24. The maximum Gasteiger partial charge on any atom is 0.508 e. The van der Waals surface area contributed by atoms with Gasteiger partial charge in [-0.3, -0.25) is 19.3 Å². The Morgan fingerprint density at radius 3 is 1.36 bits per heavy atom. The van der Waals surface area contributed by atoms with Crippen LogP contribution in [0.1, 0.15) is 228 Å². The summed E-state index contributed by atoms with van der Waals surface area (Å²) in [5, 5.41) is 2.84. The van der Waals surface area contributed by atoms with Gasteiger partial charge in [0.15, 0.2) is 0 Å². The number of rotatable bonds is 36. The fourth-order valence-electron chi connectivity index (χ4n) is 11.7. The molecule has 0 aromatic rings. The van der Waals surface area contributed by atoms with Crippen molar-refractivity contribution in [1.29, 1.82) is 0 Å². The third-order valence-electron chi connectivity index (χ3n) is 18.8. The van der Waals surface area contributed by atoms with E-state index in [0.29, 0.717) is 138 Å². The highest BCUT2D eigenvalue weighted by Gasteiger charge is 2.38. The van der Waals surface area contributed by atoms with Gasteiger partial charge >= 0.3 is 42.5 Å². The summed E-state index contributed by atoms with van der Waals surface area (Å²) in [4.78, 5) is 95.6. The minimum absolute atomic E-state index is 0.00630. The molecule has 5 aliphatic heterocycles. The average molecular weight is 1550 g/mol. The zero-order chi connectivity index (χ0) is 82.0. The highest BCUT2D eigenvalue weighted by atomic mass is 16.7. The molecule has 5 aliphatic rings. The first-order valence-electron chi connectivity index (χ1n) is 41.8. The van der Waals surface area contributed by atoms with Gasteiger partial charge in [-0.25, -0.2) is 19.2 Å². The van der Waals surface area contributed by atoms with Crippen LogP contribution in [0, 0.1) is 58.7 Å². The van der Waals surface area contributed by atoms with Crippen LogP contribution in [0.2, 0.25) is 0 Å². The van der Waals surface area contributed by atoms with Crippen molar-refractivity contribution in [3.8, 4) is 0 Å². The monoisotopic (exact) mass is 1550 g/mol. The van der Waals surface area contributed by atoms with E-state index in [0.717, 1.165) is 150 Å². The lowest BCUT2D eigenvalue weighted by atomic mass is 9.80. The first-order valence-corrected chi connectivity index (χ1v) is 41.8. The summed E-state index contributed by atoms with van der Waals surface area (Å²) >= 11 is 0. The van der Waals surface area contributed by atoms with Crippen molar-refractivity contribution < 1.29 is 80.9 Å². The molecule has 0 aromatic heterocycles. The van der Waals surface area contributed by atoms with Gasteiger partial charge in [0.2, 0.25) is 0 Å². The van der Waals surface area contributed by atoms with Crippen molar-refractivity contribution in [2.45, 2.75) is 240 Å². The lowest BCUT2D eigenvalue weighted by Gasteiger charge is -2.35. The number of hydrogen-bond donors (Lipinski definition) is 1. The van der Waals surface area contributed by atoms with Gasteiger partial charge in [0, 0.05) is 44.1 Å². The molecule has 5 fully saturated rings. The Morgan fingerprint density at radius 1 is 0.444 bits per heavy atom. The summed E-state index contributed by atoms with van der Waals surface area (Å²) in [5.41, 5.74) is -0.249. The number of piperidine rings is 3. The van der Waals surface area contributed by atoms with Crippen LogP contribution in [-0.2, 0) is 61.8 Å². The molecule has 638 valence electrons. The quantitative estimate of drug-likeness (QED) is 0.0348. The molecule has 0 bridgehead atoms. The SMILES string of the molecule is CC(C)COC(=O)C1(C)CCN(C)CC1.CC(C)COC(=O)C1CCN(C)CC1.CC(C)COC(=O)OCC1CCCN(C)C1.CC(C)COC(=O)OCCC1CCCN1C.CCN(CC)CCCC(=O)OCC(C)C.CCN(CC)CCCOC(=O)OCC(C)C.CCN1CCCC1CNC(=O)OCC(C)C. The predicted molar refractivity (Wildman–Crippen MR) is 433 cm³/mol. The summed E-state index contributed by atoms with van der Waals surface area (Å²) in [5.74, 6) is 3.28.